The van der Waals surface area contributed by atoms with Gasteiger partial charge in [0.1, 0.15) is 17.2 Å². The molecule has 0 fully saturated rings. The van der Waals surface area contributed by atoms with Crippen LogP contribution in [-0.2, 0) is 9.59 Å². The molecule has 0 saturated heterocycles. The highest BCUT2D eigenvalue weighted by atomic mass is 35.5. The fraction of sp³-hybridized carbons (Fsp3) is 0.304. The lowest BCUT2D eigenvalue weighted by Gasteiger charge is -2.17. The standard InChI is InChI=1S/C23H25ClN2O4/c1-5-30-17-9-6-15(7-10-17)20-21(23(28)26(22(20)27)13-14(2)3)25-16-8-11-19(29-4)18(24)12-16/h6-12,14,25H,5,13H2,1-4H3. The number of benzene rings is 2. The van der Waals surface area contributed by atoms with Crippen LogP contribution in [-0.4, -0.2) is 37.0 Å². The number of imide groups is 1. The van der Waals surface area contributed by atoms with E-state index >= 15 is 0 Å². The summed E-state index contributed by atoms with van der Waals surface area (Å²) in [6, 6.07) is 12.3. The van der Waals surface area contributed by atoms with Crippen LogP contribution in [0.4, 0.5) is 5.69 Å². The monoisotopic (exact) mass is 428 g/mol. The van der Waals surface area contributed by atoms with Crippen molar-refractivity contribution in [3.05, 3.63) is 58.7 Å². The number of hydrogen-bond donors (Lipinski definition) is 1. The first-order valence-corrected chi connectivity index (χ1v) is 10.2. The molecule has 1 N–H and O–H groups in total. The SMILES string of the molecule is CCOc1ccc(C2=C(Nc3ccc(OC)c(Cl)c3)C(=O)N(CC(C)C)C2=O)cc1. The van der Waals surface area contributed by atoms with Crippen LogP contribution in [0, 0.1) is 5.92 Å². The molecule has 2 aromatic carbocycles. The first kappa shape index (κ1) is 21.7. The maximum absolute atomic E-state index is 13.2. The number of amides is 2. The third-order valence-electron chi connectivity index (χ3n) is 4.59. The van der Waals surface area contributed by atoms with E-state index in [1.165, 1.54) is 12.0 Å². The van der Waals surface area contributed by atoms with E-state index in [2.05, 4.69) is 5.32 Å². The smallest absolute Gasteiger partial charge is 0.278 e. The van der Waals surface area contributed by atoms with Gasteiger partial charge in [0.15, 0.2) is 0 Å². The highest BCUT2D eigenvalue weighted by Gasteiger charge is 2.39. The van der Waals surface area contributed by atoms with Crippen LogP contribution < -0.4 is 14.8 Å². The number of carbonyl (C=O) groups is 2. The molecule has 1 aliphatic rings. The zero-order valence-corrected chi connectivity index (χ0v) is 18.2. The van der Waals surface area contributed by atoms with Crippen molar-refractivity contribution in [2.75, 3.05) is 25.6 Å². The number of nitrogens with one attached hydrogen (secondary N) is 1. The molecule has 0 spiro atoms. The van der Waals surface area contributed by atoms with Crippen LogP contribution in [0.15, 0.2) is 48.2 Å². The van der Waals surface area contributed by atoms with Gasteiger partial charge >= 0.3 is 0 Å². The van der Waals surface area contributed by atoms with Gasteiger partial charge in [-0.2, -0.15) is 0 Å². The third-order valence-corrected chi connectivity index (χ3v) is 4.89. The molecule has 1 aliphatic heterocycles. The molecule has 2 amide bonds. The lowest BCUT2D eigenvalue weighted by atomic mass is 10.0. The summed E-state index contributed by atoms with van der Waals surface area (Å²) in [5.74, 6) is 0.700. The Labute approximate surface area is 181 Å². The van der Waals surface area contributed by atoms with E-state index in [-0.39, 0.29) is 23.4 Å². The Morgan fingerprint density at radius 2 is 1.77 bits per heavy atom. The molecule has 0 aliphatic carbocycles. The molecule has 2 aromatic rings. The van der Waals surface area contributed by atoms with Gasteiger partial charge in [-0.25, -0.2) is 0 Å². The summed E-state index contributed by atoms with van der Waals surface area (Å²) in [4.78, 5) is 27.6. The number of carbonyl (C=O) groups excluding carboxylic acids is 2. The van der Waals surface area contributed by atoms with E-state index in [0.29, 0.717) is 46.5 Å². The number of halogens is 1. The van der Waals surface area contributed by atoms with Gasteiger partial charge in [-0.3, -0.25) is 14.5 Å². The fourth-order valence-electron chi connectivity index (χ4n) is 3.26. The Hall–Kier alpha value is -2.99. The second-order valence-corrected chi connectivity index (χ2v) is 7.70. The van der Waals surface area contributed by atoms with Crippen molar-refractivity contribution < 1.29 is 19.1 Å². The summed E-state index contributed by atoms with van der Waals surface area (Å²) in [7, 11) is 1.53. The normalized spacial score (nSPS) is 14.0. The summed E-state index contributed by atoms with van der Waals surface area (Å²) < 4.78 is 10.7. The van der Waals surface area contributed by atoms with Gasteiger partial charge in [-0.05, 0) is 48.7 Å². The number of methoxy groups -OCH3 is 1. The largest absolute Gasteiger partial charge is 0.495 e. The molecule has 30 heavy (non-hydrogen) atoms. The Balaban J connectivity index is 2.02. The summed E-state index contributed by atoms with van der Waals surface area (Å²) in [6.07, 6.45) is 0. The molecule has 0 saturated carbocycles. The second-order valence-electron chi connectivity index (χ2n) is 7.30. The van der Waals surface area contributed by atoms with Gasteiger partial charge in [0, 0.05) is 12.2 Å². The summed E-state index contributed by atoms with van der Waals surface area (Å²) in [5, 5.41) is 3.51. The molecule has 0 radical (unpaired) electrons. The molecular formula is C23H25ClN2O4. The number of anilines is 1. The first-order chi connectivity index (χ1) is 14.3. The Kier molecular flexibility index (Phi) is 6.67. The number of ether oxygens (including phenoxy) is 2. The maximum Gasteiger partial charge on any atom is 0.278 e. The number of hydrogen-bond acceptors (Lipinski definition) is 5. The van der Waals surface area contributed by atoms with Gasteiger partial charge < -0.3 is 14.8 Å². The van der Waals surface area contributed by atoms with Crippen molar-refractivity contribution in [3.8, 4) is 11.5 Å². The fourth-order valence-corrected chi connectivity index (χ4v) is 3.52. The predicted molar refractivity (Wildman–Crippen MR) is 118 cm³/mol. The molecule has 6 nitrogen and oxygen atoms in total. The van der Waals surface area contributed by atoms with Gasteiger partial charge in [0.25, 0.3) is 11.8 Å². The highest BCUT2D eigenvalue weighted by Crippen LogP contribution is 2.33. The highest BCUT2D eigenvalue weighted by molar-refractivity contribution is 6.36. The topological polar surface area (TPSA) is 67.9 Å². The van der Waals surface area contributed by atoms with Crippen molar-refractivity contribution in [1.29, 1.82) is 0 Å². The third kappa shape index (κ3) is 4.44. The van der Waals surface area contributed by atoms with Crippen molar-refractivity contribution >= 4 is 34.7 Å². The van der Waals surface area contributed by atoms with E-state index in [0.717, 1.165) is 0 Å². The van der Waals surface area contributed by atoms with Crippen molar-refractivity contribution in [3.63, 3.8) is 0 Å². The minimum Gasteiger partial charge on any atom is -0.495 e. The molecule has 158 valence electrons. The Bertz CT molecular complexity index is 983. The maximum atomic E-state index is 13.2. The second kappa shape index (κ2) is 9.22. The van der Waals surface area contributed by atoms with Gasteiger partial charge in [0.2, 0.25) is 0 Å². The van der Waals surface area contributed by atoms with Crippen molar-refractivity contribution in [2.45, 2.75) is 20.8 Å². The van der Waals surface area contributed by atoms with Crippen LogP contribution >= 0.6 is 11.6 Å². The Morgan fingerprint density at radius 1 is 1.07 bits per heavy atom. The minimum absolute atomic E-state index is 0.147. The van der Waals surface area contributed by atoms with E-state index in [4.69, 9.17) is 21.1 Å². The molecule has 0 bridgehead atoms. The van der Waals surface area contributed by atoms with Crippen LogP contribution in [0.1, 0.15) is 26.3 Å². The van der Waals surface area contributed by atoms with Gasteiger partial charge in [-0.15, -0.1) is 0 Å². The Morgan fingerprint density at radius 3 is 2.33 bits per heavy atom. The zero-order valence-electron chi connectivity index (χ0n) is 17.5. The van der Waals surface area contributed by atoms with E-state index in [1.807, 2.05) is 20.8 Å². The van der Waals surface area contributed by atoms with Crippen LogP contribution in [0.5, 0.6) is 11.5 Å². The van der Waals surface area contributed by atoms with E-state index < -0.39 is 0 Å². The molecule has 0 aromatic heterocycles. The molecular weight excluding hydrogens is 404 g/mol. The van der Waals surface area contributed by atoms with Gasteiger partial charge in [0.05, 0.1) is 24.3 Å². The van der Waals surface area contributed by atoms with E-state index in [9.17, 15) is 9.59 Å². The van der Waals surface area contributed by atoms with Crippen LogP contribution in [0.3, 0.4) is 0 Å². The van der Waals surface area contributed by atoms with Crippen LogP contribution in [0.25, 0.3) is 5.57 Å². The average molecular weight is 429 g/mol. The molecule has 0 atom stereocenters. The summed E-state index contributed by atoms with van der Waals surface area (Å²) in [6.45, 7) is 6.72. The van der Waals surface area contributed by atoms with Crippen molar-refractivity contribution in [2.24, 2.45) is 5.92 Å². The van der Waals surface area contributed by atoms with Gasteiger partial charge in [-0.1, -0.05) is 37.6 Å². The average Bonchev–Trinajstić information content (AvgIpc) is 2.93. The minimum atomic E-state index is -0.357. The first-order valence-electron chi connectivity index (χ1n) is 9.80. The zero-order chi connectivity index (χ0) is 21.8. The molecule has 0 unspecified atom stereocenters. The quantitative estimate of drug-likeness (QED) is 0.622. The van der Waals surface area contributed by atoms with Crippen molar-refractivity contribution in [1.82, 2.24) is 4.90 Å². The summed E-state index contributed by atoms with van der Waals surface area (Å²) >= 11 is 6.22. The number of nitrogens with zero attached hydrogens (tertiary/aromatic N) is 1. The van der Waals surface area contributed by atoms with E-state index in [1.54, 1.807) is 42.5 Å². The number of rotatable bonds is 8. The predicted octanol–water partition coefficient (Wildman–Crippen LogP) is 4.60. The van der Waals surface area contributed by atoms with Crippen LogP contribution in [0.2, 0.25) is 5.02 Å². The molecule has 7 heteroatoms. The molecule has 1 heterocycles. The molecule has 3 rings (SSSR count). The lowest BCUT2D eigenvalue weighted by molar-refractivity contribution is -0.137. The summed E-state index contributed by atoms with van der Waals surface area (Å²) in [5.41, 5.74) is 1.79. The lowest BCUT2D eigenvalue weighted by Crippen LogP contribution is -2.35.